The van der Waals surface area contributed by atoms with E-state index in [0.29, 0.717) is 5.69 Å². The quantitative estimate of drug-likeness (QED) is 0.763. The third-order valence-corrected chi connectivity index (χ3v) is 3.87. The van der Waals surface area contributed by atoms with E-state index in [1.165, 1.54) is 6.33 Å². The molecule has 1 spiro atoms. The molecule has 1 amide bonds. The number of rotatable bonds is 1. The molecule has 3 rings (SSSR count). The van der Waals surface area contributed by atoms with Gasteiger partial charge in [-0.1, -0.05) is 0 Å². The van der Waals surface area contributed by atoms with Crippen molar-refractivity contribution in [2.75, 3.05) is 19.6 Å². The summed E-state index contributed by atoms with van der Waals surface area (Å²) in [7, 11) is 0. The minimum Gasteiger partial charge on any atom is -0.330 e. The zero-order valence-corrected chi connectivity index (χ0v) is 9.72. The van der Waals surface area contributed by atoms with Gasteiger partial charge in [-0.2, -0.15) is 0 Å². The maximum atomic E-state index is 12.3. The van der Waals surface area contributed by atoms with Crippen LogP contribution in [-0.4, -0.2) is 45.9 Å². The average Bonchev–Trinajstić information content (AvgIpc) is 2.39. The first-order chi connectivity index (χ1) is 8.32. The number of nitrogens with one attached hydrogen (secondary N) is 1. The highest BCUT2D eigenvalue weighted by Gasteiger charge is 2.48. The molecule has 0 aromatic carbocycles. The van der Waals surface area contributed by atoms with Gasteiger partial charge < -0.3 is 10.2 Å². The van der Waals surface area contributed by atoms with E-state index in [0.717, 1.165) is 38.9 Å². The van der Waals surface area contributed by atoms with Gasteiger partial charge in [0.25, 0.3) is 5.91 Å². The monoisotopic (exact) mass is 232 g/mol. The molecule has 5 heteroatoms. The fourth-order valence-corrected chi connectivity index (χ4v) is 2.81. The van der Waals surface area contributed by atoms with E-state index in [4.69, 9.17) is 0 Å². The molecule has 90 valence electrons. The highest BCUT2D eigenvalue weighted by Crippen LogP contribution is 2.37. The predicted octanol–water partition coefficient (Wildman–Crippen LogP) is 0.445. The van der Waals surface area contributed by atoms with Gasteiger partial charge in [-0.15, -0.1) is 0 Å². The minimum absolute atomic E-state index is 0.0438. The number of likely N-dealkylation sites (tertiary alicyclic amines) is 1. The largest absolute Gasteiger partial charge is 0.330 e. The van der Waals surface area contributed by atoms with Gasteiger partial charge in [0.15, 0.2) is 0 Å². The van der Waals surface area contributed by atoms with Crippen molar-refractivity contribution < 1.29 is 4.79 Å². The van der Waals surface area contributed by atoms with Crippen LogP contribution in [0.15, 0.2) is 18.6 Å². The Morgan fingerprint density at radius 2 is 2.41 bits per heavy atom. The molecule has 0 bridgehead atoms. The predicted molar refractivity (Wildman–Crippen MR) is 62.5 cm³/mol. The van der Waals surface area contributed by atoms with E-state index >= 15 is 0 Å². The Hall–Kier alpha value is -1.49. The Bertz CT molecular complexity index is 414. The van der Waals surface area contributed by atoms with E-state index in [1.807, 2.05) is 4.90 Å². The van der Waals surface area contributed by atoms with Crippen molar-refractivity contribution in [3.63, 3.8) is 0 Å². The maximum Gasteiger partial charge on any atom is 0.273 e. The van der Waals surface area contributed by atoms with Crippen molar-refractivity contribution in [3.8, 4) is 0 Å². The molecule has 2 fully saturated rings. The Morgan fingerprint density at radius 3 is 3.00 bits per heavy atom. The molecule has 2 saturated heterocycles. The van der Waals surface area contributed by atoms with Crippen molar-refractivity contribution in [1.82, 2.24) is 20.2 Å². The smallest absolute Gasteiger partial charge is 0.273 e. The topological polar surface area (TPSA) is 58.1 Å². The third-order valence-electron chi connectivity index (χ3n) is 3.87. The molecule has 3 heterocycles. The average molecular weight is 232 g/mol. The number of hydrogen-bond donors (Lipinski definition) is 1. The molecule has 1 N–H and O–H groups in total. The second-order valence-electron chi connectivity index (χ2n) is 4.81. The standard InChI is InChI=1S/C12H16N4O/c17-11(10-2-6-14-9-15-10)16-7-4-12(16)3-1-5-13-8-12/h2,6,9,13H,1,3-5,7-8H2/t12-/m1/s1. The van der Waals surface area contributed by atoms with Gasteiger partial charge in [0.05, 0.1) is 5.54 Å². The summed E-state index contributed by atoms with van der Waals surface area (Å²) in [4.78, 5) is 22.2. The fourth-order valence-electron chi connectivity index (χ4n) is 2.81. The van der Waals surface area contributed by atoms with Crippen molar-refractivity contribution in [1.29, 1.82) is 0 Å². The lowest BCUT2D eigenvalue weighted by atomic mass is 9.78. The molecular formula is C12H16N4O. The van der Waals surface area contributed by atoms with Crippen molar-refractivity contribution in [3.05, 3.63) is 24.3 Å². The second-order valence-corrected chi connectivity index (χ2v) is 4.81. The van der Waals surface area contributed by atoms with Crippen molar-refractivity contribution in [2.24, 2.45) is 0 Å². The third kappa shape index (κ3) is 1.70. The number of nitrogens with zero attached hydrogens (tertiary/aromatic N) is 3. The maximum absolute atomic E-state index is 12.3. The van der Waals surface area contributed by atoms with Gasteiger partial charge in [-0.3, -0.25) is 4.79 Å². The zero-order chi connectivity index (χ0) is 11.7. The second kappa shape index (κ2) is 4.07. The number of hydrogen-bond acceptors (Lipinski definition) is 4. The van der Waals surface area contributed by atoms with Crippen LogP contribution in [0, 0.1) is 0 Å². The summed E-state index contributed by atoms with van der Waals surface area (Å²) >= 11 is 0. The molecule has 2 aliphatic rings. The number of aromatic nitrogens is 2. The van der Waals surface area contributed by atoms with E-state index in [1.54, 1.807) is 12.3 Å². The van der Waals surface area contributed by atoms with Crippen LogP contribution in [-0.2, 0) is 0 Å². The summed E-state index contributed by atoms with van der Waals surface area (Å²) in [6.07, 6.45) is 6.41. The highest BCUT2D eigenvalue weighted by molar-refractivity contribution is 5.93. The molecule has 2 aliphatic heterocycles. The summed E-state index contributed by atoms with van der Waals surface area (Å²) in [5.41, 5.74) is 0.560. The molecule has 0 unspecified atom stereocenters. The van der Waals surface area contributed by atoms with Crippen LogP contribution in [0.3, 0.4) is 0 Å². The molecule has 1 atom stereocenters. The molecule has 0 aliphatic carbocycles. The Kier molecular flexibility index (Phi) is 2.55. The summed E-state index contributed by atoms with van der Waals surface area (Å²) in [6.45, 7) is 2.84. The summed E-state index contributed by atoms with van der Waals surface area (Å²) in [6, 6.07) is 1.69. The van der Waals surface area contributed by atoms with Crippen molar-refractivity contribution >= 4 is 5.91 Å². The number of carbonyl (C=O) groups is 1. The number of piperidine rings is 1. The van der Waals surface area contributed by atoms with Gasteiger partial charge in [-0.25, -0.2) is 9.97 Å². The first-order valence-corrected chi connectivity index (χ1v) is 6.11. The Balaban J connectivity index is 1.79. The molecule has 0 radical (unpaired) electrons. The SMILES string of the molecule is O=C(c1ccncn1)N1CC[C@@]12CCCNC2. The van der Waals surface area contributed by atoms with Gasteiger partial charge >= 0.3 is 0 Å². The van der Waals surface area contributed by atoms with Gasteiger partial charge in [0, 0.05) is 19.3 Å². The normalized spacial score (nSPS) is 27.9. The first-order valence-electron chi connectivity index (χ1n) is 6.11. The first kappa shape index (κ1) is 10.7. The minimum atomic E-state index is 0.0438. The molecule has 1 aromatic rings. The van der Waals surface area contributed by atoms with Crippen LogP contribution < -0.4 is 5.32 Å². The fraction of sp³-hybridized carbons (Fsp3) is 0.583. The molecule has 1 aromatic heterocycles. The van der Waals surface area contributed by atoms with Gasteiger partial charge in [0.1, 0.15) is 12.0 Å². The van der Waals surface area contributed by atoms with Crippen LogP contribution in [0.2, 0.25) is 0 Å². The lowest BCUT2D eigenvalue weighted by Crippen LogP contribution is -2.68. The van der Waals surface area contributed by atoms with Crippen LogP contribution >= 0.6 is 0 Å². The number of amides is 1. The molecule has 0 saturated carbocycles. The lowest BCUT2D eigenvalue weighted by Gasteiger charge is -2.54. The lowest BCUT2D eigenvalue weighted by molar-refractivity contribution is -0.0159. The zero-order valence-electron chi connectivity index (χ0n) is 9.72. The highest BCUT2D eigenvalue weighted by atomic mass is 16.2. The van der Waals surface area contributed by atoms with Crippen LogP contribution in [0.4, 0.5) is 0 Å². The van der Waals surface area contributed by atoms with Gasteiger partial charge in [-0.05, 0) is 31.9 Å². The number of carbonyl (C=O) groups excluding carboxylic acids is 1. The Morgan fingerprint density at radius 1 is 1.47 bits per heavy atom. The van der Waals surface area contributed by atoms with Crippen LogP contribution in [0.5, 0.6) is 0 Å². The van der Waals surface area contributed by atoms with E-state index in [2.05, 4.69) is 15.3 Å². The van der Waals surface area contributed by atoms with Crippen LogP contribution in [0.25, 0.3) is 0 Å². The van der Waals surface area contributed by atoms with Crippen molar-refractivity contribution in [2.45, 2.75) is 24.8 Å². The Labute approximate surface area is 100 Å². The van der Waals surface area contributed by atoms with Crippen LogP contribution in [0.1, 0.15) is 29.8 Å². The molecular weight excluding hydrogens is 216 g/mol. The summed E-state index contributed by atoms with van der Waals surface area (Å²) in [5.74, 6) is 0.0438. The van der Waals surface area contributed by atoms with E-state index in [-0.39, 0.29) is 11.4 Å². The summed E-state index contributed by atoms with van der Waals surface area (Å²) in [5, 5.41) is 3.39. The summed E-state index contributed by atoms with van der Waals surface area (Å²) < 4.78 is 0. The molecule has 17 heavy (non-hydrogen) atoms. The van der Waals surface area contributed by atoms with E-state index < -0.39 is 0 Å². The molecule has 5 nitrogen and oxygen atoms in total. The van der Waals surface area contributed by atoms with Gasteiger partial charge in [0.2, 0.25) is 0 Å². The van der Waals surface area contributed by atoms with E-state index in [9.17, 15) is 4.79 Å².